The Morgan fingerprint density at radius 1 is 1.40 bits per heavy atom. The summed E-state index contributed by atoms with van der Waals surface area (Å²) in [4.78, 5) is 18.5. The Balaban J connectivity index is 1.41. The molecule has 2 amide bonds. The molecule has 0 saturated carbocycles. The van der Waals surface area contributed by atoms with Crippen molar-refractivity contribution in [2.45, 2.75) is 25.3 Å². The Bertz CT molecular complexity index is 913. The zero-order valence-electron chi connectivity index (χ0n) is 14.2. The average Bonchev–Trinajstić information content (AvgIpc) is 3.20. The van der Waals surface area contributed by atoms with Crippen LogP contribution in [0.15, 0.2) is 28.8 Å². The second-order valence-corrected chi connectivity index (χ2v) is 6.49. The molecule has 4 rings (SSSR count). The second kappa shape index (κ2) is 6.12. The smallest absolute Gasteiger partial charge is 0.319 e. The Morgan fingerprint density at radius 3 is 3.12 bits per heavy atom. The molecule has 25 heavy (non-hydrogen) atoms. The average molecular weight is 340 g/mol. The fourth-order valence-electron chi connectivity index (χ4n) is 3.08. The number of carbonyl (C=O) groups is 1. The maximum Gasteiger partial charge on any atom is 0.319 e. The van der Waals surface area contributed by atoms with Gasteiger partial charge in [0.1, 0.15) is 5.52 Å². The molecule has 0 saturated heterocycles. The third-order valence-electron chi connectivity index (χ3n) is 4.37. The molecular weight excluding hydrogens is 320 g/mol. The molecule has 8 nitrogen and oxygen atoms in total. The summed E-state index contributed by atoms with van der Waals surface area (Å²) in [6.45, 7) is 0. The lowest BCUT2D eigenvalue weighted by atomic mass is 9.94. The molecule has 1 aliphatic carbocycles. The van der Waals surface area contributed by atoms with E-state index in [2.05, 4.69) is 25.8 Å². The van der Waals surface area contributed by atoms with Crippen LogP contribution in [0.4, 0.5) is 16.5 Å². The van der Waals surface area contributed by atoms with Gasteiger partial charge in [0.2, 0.25) is 0 Å². The summed E-state index contributed by atoms with van der Waals surface area (Å²) >= 11 is 0. The number of benzene rings is 1. The molecule has 1 unspecified atom stereocenters. The van der Waals surface area contributed by atoms with Crippen LogP contribution in [0, 0.1) is 0 Å². The van der Waals surface area contributed by atoms with E-state index in [-0.39, 0.29) is 12.1 Å². The van der Waals surface area contributed by atoms with Gasteiger partial charge in [0, 0.05) is 31.5 Å². The first-order chi connectivity index (χ1) is 12.1. The third-order valence-corrected chi connectivity index (χ3v) is 4.37. The van der Waals surface area contributed by atoms with E-state index in [1.807, 2.05) is 32.4 Å². The van der Waals surface area contributed by atoms with Crippen molar-refractivity contribution < 1.29 is 9.21 Å². The molecule has 1 atom stereocenters. The highest BCUT2D eigenvalue weighted by molar-refractivity contribution is 5.92. The maximum atomic E-state index is 12.3. The van der Waals surface area contributed by atoms with Crippen molar-refractivity contribution in [3.8, 4) is 0 Å². The number of hydrogen-bond donors (Lipinski definition) is 3. The molecule has 8 heteroatoms. The molecular formula is C17H20N6O2. The van der Waals surface area contributed by atoms with Crippen LogP contribution in [0.5, 0.6) is 0 Å². The van der Waals surface area contributed by atoms with Crippen molar-refractivity contribution in [2.24, 2.45) is 0 Å². The Kier molecular flexibility index (Phi) is 3.79. The number of nitrogens with zero attached hydrogens (tertiary/aromatic N) is 3. The molecule has 130 valence electrons. The van der Waals surface area contributed by atoms with Gasteiger partial charge in [0.15, 0.2) is 5.58 Å². The van der Waals surface area contributed by atoms with E-state index in [0.29, 0.717) is 22.8 Å². The van der Waals surface area contributed by atoms with Crippen LogP contribution < -0.4 is 15.5 Å². The van der Waals surface area contributed by atoms with E-state index in [1.165, 1.54) is 11.3 Å². The maximum absolute atomic E-state index is 12.3. The van der Waals surface area contributed by atoms with Crippen molar-refractivity contribution in [3.63, 3.8) is 0 Å². The molecule has 2 heterocycles. The van der Waals surface area contributed by atoms with E-state index in [4.69, 9.17) is 4.42 Å². The first kappa shape index (κ1) is 15.5. The number of oxazole rings is 1. The fourth-order valence-corrected chi connectivity index (χ4v) is 3.08. The van der Waals surface area contributed by atoms with Crippen LogP contribution in [0.1, 0.15) is 17.7 Å². The van der Waals surface area contributed by atoms with Crippen LogP contribution in [0.2, 0.25) is 0 Å². The normalized spacial score (nSPS) is 16.5. The van der Waals surface area contributed by atoms with Crippen LogP contribution in [-0.2, 0) is 12.8 Å². The van der Waals surface area contributed by atoms with Gasteiger partial charge in [0.05, 0.1) is 6.20 Å². The van der Waals surface area contributed by atoms with Crippen molar-refractivity contribution in [2.75, 3.05) is 24.3 Å². The number of aromatic nitrogens is 3. The number of rotatable bonds is 3. The van der Waals surface area contributed by atoms with Gasteiger partial charge in [0.25, 0.3) is 6.01 Å². The van der Waals surface area contributed by atoms with Gasteiger partial charge in [-0.1, -0.05) is 0 Å². The number of amides is 2. The number of anilines is 2. The molecule has 0 aliphatic heterocycles. The van der Waals surface area contributed by atoms with Gasteiger partial charge in [-0.3, -0.25) is 5.10 Å². The topological polar surface area (TPSA) is 99.1 Å². The molecule has 3 aromatic rings. The minimum absolute atomic E-state index is 0.112. The standard InChI is InChI=1S/C17H20N6O2/c1-23(2)17-21-14-8-12(4-6-15(14)25-17)20-16(24)19-11-3-5-13-10(7-11)9-18-22-13/h4,6,8-9,11H,3,5,7H2,1-2H3,(H,18,22)(H2,19,20,24). The predicted molar refractivity (Wildman–Crippen MR) is 94.9 cm³/mol. The van der Waals surface area contributed by atoms with Gasteiger partial charge in [-0.25, -0.2) is 4.79 Å². The van der Waals surface area contributed by atoms with Crippen LogP contribution in [-0.4, -0.2) is 41.3 Å². The second-order valence-electron chi connectivity index (χ2n) is 6.49. The van der Waals surface area contributed by atoms with E-state index < -0.39 is 0 Å². The van der Waals surface area contributed by atoms with Gasteiger partial charge in [-0.05, 0) is 43.0 Å². The van der Waals surface area contributed by atoms with Crippen molar-refractivity contribution in [1.29, 1.82) is 0 Å². The fraction of sp³-hybridized carbons (Fsp3) is 0.353. The van der Waals surface area contributed by atoms with E-state index in [9.17, 15) is 4.79 Å². The minimum atomic E-state index is -0.215. The minimum Gasteiger partial charge on any atom is -0.423 e. The molecule has 3 N–H and O–H groups in total. The quantitative estimate of drug-likeness (QED) is 0.679. The molecule has 0 radical (unpaired) electrons. The number of urea groups is 1. The summed E-state index contributed by atoms with van der Waals surface area (Å²) in [6, 6.07) is 5.86. The Hall–Kier alpha value is -3.03. The molecule has 1 aromatic carbocycles. The number of hydrogen-bond acceptors (Lipinski definition) is 5. The third kappa shape index (κ3) is 3.15. The molecule has 0 fully saturated rings. The van der Waals surface area contributed by atoms with E-state index in [0.717, 1.165) is 19.3 Å². The first-order valence-electron chi connectivity index (χ1n) is 8.25. The number of nitrogens with one attached hydrogen (secondary N) is 3. The summed E-state index contributed by atoms with van der Waals surface area (Å²) in [6.07, 6.45) is 4.44. The summed E-state index contributed by atoms with van der Waals surface area (Å²) in [7, 11) is 3.74. The lowest BCUT2D eigenvalue weighted by Crippen LogP contribution is -2.41. The summed E-state index contributed by atoms with van der Waals surface area (Å²) in [5, 5.41) is 13.0. The van der Waals surface area contributed by atoms with Crippen LogP contribution in [0.25, 0.3) is 11.1 Å². The molecule has 0 bridgehead atoms. The van der Waals surface area contributed by atoms with Gasteiger partial charge >= 0.3 is 6.03 Å². The van der Waals surface area contributed by atoms with Gasteiger partial charge < -0.3 is 20.0 Å². The monoisotopic (exact) mass is 340 g/mol. The van der Waals surface area contributed by atoms with E-state index in [1.54, 1.807) is 11.0 Å². The van der Waals surface area contributed by atoms with E-state index >= 15 is 0 Å². The lowest BCUT2D eigenvalue weighted by Gasteiger charge is -2.22. The SMILES string of the molecule is CN(C)c1nc2cc(NC(=O)NC3CCc4[nH]ncc4C3)ccc2o1. The van der Waals surface area contributed by atoms with Crippen molar-refractivity contribution in [1.82, 2.24) is 20.5 Å². The van der Waals surface area contributed by atoms with Crippen molar-refractivity contribution in [3.05, 3.63) is 35.7 Å². The zero-order valence-corrected chi connectivity index (χ0v) is 14.2. The number of H-pyrrole nitrogens is 1. The highest BCUT2D eigenvalue weighted by Crippen LogP contribution is 2.24. The summed E-state index contributed by atoms with van der Waals surface area (Å²) < 4.78 is 5.61. The molecule has 1 aliphatic rings. The van der Waals surface area contributed by atoms with Gasteiger partial charge in [-0.2, -0.15) is 10.1 Å². The zero-order chi connectivity index (χ0) is 17.4. The lowest BCUT2D eigenvalue weighted by molar-refractivity contribution is 0.247. The molecule has 0 spiro atoms. The van der Waals surface area contributed by atoms with Crippen molar-refractivity contribution >= 4 is 28.8 Å². The number of fused-ring (bicyclic) bond motifs is 2. The molecule has 2 aromatic heterocycles. The summed E-state index contributed by atoms with van der Waals surface area (Å²) in [5.41, 5.74) is 4.43. The Morgan fingerprint density at radius 2 is 2.28 bits per heavy atom. The van der Waals surface area contributed by atoms with Gasteiger partial charge in [-0.15, -0.1) is 0 Å². The predicted octanol–water partition coefficient (Wildman–Crippen LogP) is 2.30. The number of aromatic amines is 1. The van der Waals surface area contributed by atoms with Crippen LogP contribution in [0.3, 0.4) is 0 Å². The summed E-state index contributed by atoms with van der Waals surface area (Å²) in [5.74, 6) is 0. The highest BCUT2D eigenvalue weighted by Gasteiger charge is 2.21. The number of aryl methyl sites for hydroxylation is 1. The first-order valence-corrected chi connectivity index (χ1v) is 8.25. The largest absolute Gasteiger partial charge is 0.423 e. The Labute approximate surface area is 144 Å². The highest BCUT2D eigenvalue weighted by atomic mass is 16.4. The number of carbonyl (C=O) groups excluding carboxylic acids is 1. The van der Waals surface area contributed by atoms with Crippen LogP contribution >= 0.6 is 0 Å².